The van der Waals surface area contributed by atoms with Gasteiger partial charge in [-0.1, -0.05) is 5.21 Å². The zero-order valence-corrected chi connectivity index (χ0v) is 11.4. The van der Waals surface area contributed by atoms with Crippen molar-refractivity contribution in [2.45, 2.75) is 5.03 Å². The van der Waals surface area contributed by atoms with E-state index in [1.165, 1.54) is 11.4 Å². The fraction of sp³-hybridized carbons (Fsp3) is 0.556. The lowest BCUT2D eigenvalue weighted by atomic mass is 10.5. The van der Waals surface area contributed by atoms with Crippen LogP contribution in [0.15, 0.2) is 16.1 Å². The Bertz CT molecular complexity index is 803. The lowest BCUT2D eigenvalue weighted by Gasteiger charge is -2.24. The van der Waals surface area contributed by atoms with E-state index in [9.17, 15) is 13.2 Å². The summed E-state index contributed by atoms with van der Waals surface area (Å²) in [4.78, 5) is 15.6. The minimum atomic E-state index is -3.80. The van der Waals surface area contributed by atoms with Crippen molar-refractivity contribution in [1.82, 2.24) is 28.7 Å². The van der Waals surface area contributed by atoms with Crippen LogP contribution in [0.2, 0.25) is 0 Å². The molecular weight excluding hydrogens is 288 g/mol. The normalized spacial score (nSPS) is 17.6. The first-order chi connectivity index (χ1) is 9.51. The Balaban J connectivity index is 2.15. The maximum Gasteiger partial charge on any atom is 0.352 e. The smallest absolute Gasteiger partial charge is 0.352 e. The van der Waals surface area contributed by atoms with Gasteiger partial charge in [0.1, 0.15) is 6.33 Å². The molecule has 3 rings (SSSR count). The van der Waals surface area contributed by atoms with Gasteiger partial charge in [0.25, 0.3) is 10.0 Å². The first kappa shape index (κ1) is 13.1. The number of aromatic nitrogens is 5. The fourth-order valence-electron chi connectivity index (χ4n) is 1.95. The molecule has 2 aromatic heterocycles. The van der Waals surface area contributed by atoms with Gasteiger partial charge in [0.15, 0.2) is 0 Å². The minimum Gasteiger partial charge on any atom is -0.379 e. The van der Waals surface area contributed by atoms with Gasteiger partial charge < -0.3 is 4.74 Å². The summed E-state index contributed by atoms with van der Waals surface area (Å²) in [6.45, 7) is 1.16. The Labute approximate surface area is 113 Å². The molecule has 0 unspecified atom stereocenters. The Morgan fingerprint density at radius 2 is 2.00 bits per heavy atom. The molecule has 10 nitrogen and oxygen atoms in total. The zero-order chi connectivity index (χ0) is 14.3. The number of hydrogen-bond donors (Lipinski definition) is 0. The molecule has 108 valence electrons. The minimum absolute atomic E-state index is 0.0698. The van der Waals surface area contributed by atoms with Crippen molar-refractivity contribution >= 4 is 15.7 Å². The predicted molar refractivity (Wildman–Crippen MR) is 65.6 cm³/mol. The van der Waals surface area contributed by atoms with E-state index >= 15 is 0 Å². The maximum atomic E-state index is 12.5. The van der Waals surface area contributed by atoms with Crippen LogP contribution in [0, 0.1) is 0 Å². The van der Waals surface area contributed by atoms with Crippen molar-refractivity contribution in [3.63, 3.8) is 0 Å². The van der Waals surface area contributed by atoms with Gasteiger partial charge in [-0.25, -0.2) is 22.6 Å². The van der Waals surface area contributed by atoms with Crippen LogP contribution in [0.5, 0.6) is 0 Å². The van der Waals surface area contributed by atoms with E-state index in [2.05, 4.69) is 15.3 Å². The Morgan fingerprint density at radius 1 is 1.30 bits per heavy atom. The Hall–Kier alpha value is -1.85. The highest BCUT2D eigenvalue weighted by molar-refractivity contribution is 7.89. The number of ether oxygens (including phenoxy) is 1. The monoisotopic (exact) mass is 300 g/mol. The molecule has 0 spiro atoms. The van der Waals surface area contributed by atoms with Crippen LogP contribution in [0.3, 0.4) is 0 Å². The first-order valence-corrected chi connectivity index (χ1v) is 7.31. The van der Waals surface area contributed by atoms with Crippen LogP contribution in [0.4, 0.5) is 0 Å². The number of sulfonamides is 1. The van der Waals surface area contributed by atoms with Gasteiger partial charge in [0.2, 0.25) is 10.7 Å². The molecule has 0 radical (unpaired) electrons. The highest BCUT2D eigenvalue weighted by Crippen LogP contribution is 2.17. The molecule has 0 bridgehead atoms. The molecule has 0 aromatic carbocycles. The van der Waals surface area contributed by atoms with E-state index in [-0.39, 0.29) is 23.8 Å². The molecule has 1 fully saturated rings. The van der Waals surface area contributed by atoms with Crippen LogP contribution in [-0.2, 0) is 21.8 Å². The molecule has 0 saturated carbocycles. The highest BCUT2D eigenvalue weighted by atomic mass is 32.2. The fourth-order valence-corrected chi connectivity index (χ4v) is 3.38. The third-order valence-corrected chi connectivity index (χ3v) is 4.84. The van der Waals surface area contributed by atoms with Crippen molar-refractivity contribution < 1.29 is 13.2 Å². The quantitative estimate of drug-likeness (QED) is 0.621. The van der Waals surface area contributed by atoms with Crippen LogP contribution in [0.25, 0.3) is 5.65 Å². The summed E-state index contributed by atoms with van der Waals surface area (Å²) in [7, 11) is -2.38. The van der Waals surface area contributed by atoms with Gasteiger partial charge in [0.05, 0.1) is 13.2 Å². The molecule has 0 aliphatic carbocycles. The molecule has 3 heterocycles. The lowest BCUT2D eigenvalue weighted by molar-refractivity contribution is 0.0729. The topological polar surface area (TPSA) is 112 Å². The van der Waals surface area contributed by atoms with E-state index in [1.807, 2.05) is 0 Å². The summed E-state index contributed by atoms with van der Waals surface area (Å²) < 4.78 is 33.4. The summed E-state index contributed by atoms with van der Waals surface area (Å²) in [5.74, 6) is 0. The second-order valence-corrected chi connectivity index (χ2v) is 6.11. The van der Waals surface area contributed by atoms with E-state index in [0.717, 1.165) is 15.4 Å². The number of nitrogens with zero attached hydrogens (tertiary/aromatic N) is 6. The molecule has 1 saturated heterocycles. The molecule has 1 aliphatic heterocycles. The average molecular weight is 300 g/mol. The molecule has 2 aromatic rings. The summed E-state index contributed by atoms with van der Waals surface area (Å²) in [6, 6.07) is 0. The highest BCUT2D eigenvalue weighted by Gasteiger charge is 2.31. The molecule has 11 heteroatoms. The summed E-state index contributed by atoms with van der Waals surface area (Å²) >= 11 is 0. The summed E-state index contributed by atoms with van der Waals surface area (Å²) in [6.07, 6.45) is 1.14. The van der Waals surface area contributed by atoms with Crippen LogP contribution in [0.1, 0.15) is 0 Å². The summed E-state index contributed by atoms with van der Waals surface area (Å²) in [5.41, 5.74) is -0.578. The number of morpholine rings is 1. The van der Waals surface area contributed by atoms with Gasteiger partial charge in [0, 0.05) is 20.1 Å². The number of rotatable bonds is 2. The number of fused-ring (bicyclic) bond motifs is 1. The Kier molecular flexibility index (Phi) is 3.03. The largest absolute Gasteiger partial charge is 0.379 e. The lowest BCUT2D eigenvalue weighted by Crippen LogP contribution is -2.41. The third kappa shape index (κ3) is 1.90. The molecule has 20 heavy (non-hydrogen) atoms. The molecular formula is C9H12N6O4S. The zero-order valence-electron chi connectivity index (χ0n) is 10.6. The molecule has 1 aliphatic rings. The van der Waals surface area contributed by atoms with Crippen molar-refractivity contribution in [3.8, 4) is 0 Å². The van der Waals surface area contributed by atoms with Crippen molar-refractivity contribution in [2.75, 3.05) is 26.3 Å². The number of hydrogen-bond acceptors (Lipinski definition) is 7. The van der Waals surface area contributed by atoms with E-state index in [4.69, 9.17) is 4.74 Å². The average Bonchev–Trinajstić information content (AvgIpc) is 2.89. The Morgan fingerprint density at radius 3 is 2.70 bits per heavy atom. The second kappa shape index (κ2) is 4.61. The summed E-state index contributed by atoms with van der Waals surface area (Å²) in [5, 5.41) is 7.06. The van der Waals surface area contributed by atoms with Gasteiger partial charge in [-0.15, -0.1) is 5.10 Å². The molecule has 0 atom stereocenters. The third-order valence-electron chi connectivity index (χ3n) is 3.02. The second-order valence-electron chi connectivity index (χ2n) is 4.26. The number of imidazole rings is 1. The van der Waals surface area contributed by atoms with Gasteiger partial charge >= 0.3 is 5.69 Å². The van der Waals surface area contributed by atoms with E-state index < -0.39 is 15.7 Å². The SMILES string of the molecule is Cn1nnc2c(S(=O)(=O)N3CCOCC3)ncn2c1=O. The predicted octanol–water partition coefficient (Wildman–Crippen LogP) is -2.16. The molecule has 0 N–H and O–H groups in total. The maximum absolute atomic E-state index is 12.5. The van der Waals surface area contributed by atoms with Crippen molar-refractivity contribution in [3.05, 3.63) is 16.8 Å². The molecule has 0 amide bonds. The van der Waals surface area contributed by atoms with Crippen molar-refractivity contribution in [2.24, 2.45) is 7.05 Å². The van der Waals surface area contributed by atoms with E-state index in [1.54, 1.807) is 0 Å². The van der Waals surface area contributed by atoms with Gasteiger partial charge in [-0.05, 0) is 0 Å². The van der Waals surface area contributed by atoms with Crippen LogP contribution < -0.4 is 5.69 Å². The van der Waals surface area contributed by atoms with Gasteiger partial charge in [-0.3, -0.25) is 0 Å². The van der Waals surface area contributed by atoms with Crippen LogP contribution >= 0.6 is 0 Å². The number of aryl methyl sites for hydroxylation is 1. The first-order valence-electron chi connectivity index (χ1n) is 5.87. The van der Waals surface area contributed by atoms with Crippen molar-refractivity contribution in [1.29, 1.82) is 0 Å². The van der Waals surface area contributed by atoms with Crippen LogP contribution in [-0.4, -0.2) is 63.4 Å². The van der Waals surface area contributed by atoms with E-state index in [0.29, 0.717) is 13.2 Å². The standard InChI is InChI=1S/C9H12N6O4S/c1-13-9(16)15-6-10-8(7(15)11-12-13)20(17,18)14-2-4-19-5-3-14/h6H,2-5H2,1H3. The van der Waals surface area contributed by atoms with Gasteiger partial charge in [-0.2, -0.15) is 8.99 Å².